The Balaban J connectivity index is 0.00000364. The van der Waals surface area contributed by atoms with Crippen LogP contribution >= 0.6 is 24.0 Å². The van der Waals surface area contributed by atoms with Crippen LogP contribution in [0.2, 0.25) is 0 Å². The van der Waals surface area contributed by atoms with Crippen molar-refractivity contribution in [3.8, 4) is 0 Å². The van der Waals surface area contributed by atoms with Crippen molar-refractivity contribution < 1.29 is 9.15 Å². The van der Waals surface area contributed by atoms with Crippen molar-refractivity contribution in [3.63, 3.8) is 0 Å². The molecule has 1 saturated heterocycles. The summed E-state index contributed by atoms with van der Waals surface area (Å²) in [5.74, 6) is 1.74. The Morgan fingerprint density at radius 3 is 2.56 bits per heavy atom. The van der Waals surface area contributed by atoms with E-state index in [9.17, 15) is 0 Å². The number of hydrogen-bond acceptors (Lipinski definition) is 5. The first kappa shape index (κ1) is 24.2. The first-order valence-electron chi connectivity index (χ1n) is 9.73. The molecular formula is C19H36IN5O2. The minimum Gasteiger partial charge on any atom is -0.467 e. The van der Waals surface area contributed by atoms with Crippen LogP contribution in [0.15, 0.2) is 27.8 Å². The van der Waals surface area contributed by atoms with E-state index >= 15 is 0 Å². The molecule has 0 saturated carbocycles. The van der Waals surface area contributed by atoms with Crippen LogP contribution in [-0.2, 0) is 11.3 Å². The van der Waals surface area contributed by atoms with Crippen molar-refractivity contribution >= 4 is 29.9 Å². The van der Waals surface area contributed by atoms with Gasteiger partial charge in [-0.15, -0.1) is 24.0 Å². The van der Waals surface area contributed by atoms with Gasteiger partial charge in [0.05, 0.1) is 6.26 Å². The summed E-state index contributed by atoms with van der Waals surface area (Å²) in [6.07, 6.45) is 5.00. The van der Waals surface area contributed by atoms with Crippen molar-refractivity contribution in [2.24, 2.45) is 4.99 Å². The van der Waals surface area contributed by atoms with Gasteiger partial charge in [0.1, 0.15) is 12.4 Å². The highest BCUT2D eigenvalue weighted by Gasteiger charge is 2.12. The van der Waals surface area contributed by atoms with E-state index in [1.165, 1.54) is 45.6 Å². The van der Waals surface area contributed by atoms with Gasteiger partial charge in [-0.3, -0.25) is 4.99 Å². The van der Waals surface area contributed by atoms with Gasteiger partial charge in [-0.25, -0.2) is 0 Å². The molecule has 0 aliphatic carbocycles. The maximum absolute atomic E-state index is 5.57. The molecule has 0 aromatic carbocycles. The van der Waals surface area contributed by atoms with E-state index in [1.807, 2.05) is 19.2 Å². The van der Waals surface area contributed by atoms with Gasteiger partial charge in [-0.1, -0.05) is 0 Å². The molecule has 1 aromatic heterocycles. The number of unbranched alkanes of at least 4 members (excludes halogenated alkanes) is 1. The first-order chi connectivity index (χ1) is 12.8. The van der Waals surface area contributed by atoms with E-state index in [2.05, 4.69) is 32.5 Å². The number of rotatable bonds is 11. The minimum absolute atomic E-state index is 0. The lowest BCUT2D eigenvalue weighted by Gasteiger charge is -2.32. The van der Waals surface area contributed by atoms with Gasteiger partial charge >= 0.3 is 0 Å². The van der Waals surface area contributed by atoms with E-state index in [0.717, 1.165) is 31.2 Å². The summed E-state index contributed by atoms with van der Waals surface area (Å²) in [7, 11) is 4.01. The summed E-state index contributed by atoms with van der Waals surface area (Å²) in [4.78, 5) is 9.23. The highest BCUT2D eigenvalue weighted by Crippen LogP contribution is 2.02. The fraction of sp³-hybridized carbons (Fsp3) is 0.737. The van der Waals surface area contributed by atoms with Gasteiger partial charge < -0.3 is 29.6 Å². The second-order valence-electron chi connectivity index (χ2n) is 6.76. The lowest BCUT2D eigenvalue weighted by atomic mass is 10.2. The number of ether oxygens (including phenoxy) is 1. The van der Waals surface area contributed by atoms with Crippen LogP contribution in [-0.4, -0.2) is 82.3 Å². The molecule has 0 radical (unpaired) electrons. The van der Waals surface area contributed by atoms with Gasteiger partial charge in [0.2, 0.25) is 0 Å². The van der Waals surface area contributed by atoms with Gasteiger partial charge in [0, 0.05) is 52.9 Å². The second kappa shape index (κ2) is 15.1. The lowest BCUT2D eigenvalue weighted by molar-refractivity contribution is 0.105. The summed E-state index contributed by atoms with van der Waals surface area (Å²) in [6, 6.07) is 3.80. The first-order valence-corrected chi connectivity index (χ1v) is 9.73. The summed E-state index contributed by atoms with van der Waals surface area (Å²) in [6.45, 7) is 9.05. The molecule has 1 aromatic rings. The molecule has 1 aliphatic heterocycles. The normalized spacial score (nSPS) is 16.1. The number of hydrogen-bond donors (Lipinski definition) is 2. The molecule has 0 amide bonds. The largest absolute Gasteiger partial charge is 0.467 e. The predicted molar refractivity (Wildman–Crippen MR) is 121 cm³/mol. The summed E-state index contributed by atoms with van der Waals surface area (Å²) in [5.41, 5.74) is 0. The zero-order valence-corrected chi connectivity index (χ0v) is 19.1. The van der Waals surface area contributed by atoms with Crippen molar-refractivity contribution in [1.29, 1.82) is 0 Å². The minimum atomic E-state index is 0. The third kappa shape index (κ3) is 10.9. The number of nitrogens with one attached hydrogen (secondary N) is 2. The van der Waals surface area contributed by atoms with Crippen LogP contribution in [0, 0.1) is 0 Å². The van der Waals surface area contributed by atoms with Gasteiger partial charge in [0.15, 0.2) is 5.96 Å². The third-order valence-electron chi connectivity index (χ3n) is 4.60. The standard InChI is InChI=1S/C19H35N5O2.HI/c1-20-19(22-9-6-15-25-17-18-7-5-16-26-18)21-8-3-4-10-24-13-11-23(2)12-14-24;/h5,7,16H,3-4,6,8-15,17H2,1-2H3,(H2,20,21,22);1H. The summed E-state index contributed by atoms with van der Waals surface area (Å²) >= 11 is 0. The highest BCUT2D eigenvalue weighted by atomic mass is 127. The number of piperazine rings is 1. The molecule has 0 atom stereocenters. The summed E-state index contributed by atoms with van der Waals surface area (Å²) in [5, 5.41) is 6.71. The van der Waals surface area contributed by atoms with E-state index in [4.69, 9.17) is 9.15 Å². The molecule has 0 spiro atoms. The maximum atomic E-state index is 5.57. The average molecular weight is 493 g/mol. The van der Waals surface area contributed by atoms with Gasteiger partial charge in [-0.05, 0) is 45.0 Å². The van der Waals surface area contributed by atoms with Crippen LogP contribution < -0.4 is 10.6 Å². The van der Waals surface area contributed by atoms with Gasteiger partial charge in [-0.2, -0.15) is 0 Å². The van der Waals surface area contributed by atoms with E-state index < -0.39 is 0 Å². The Labute approximate surface area is 180 Å². The molecule has 1 aliphatic rings. The number of guanidine groups is 1. The SMILES string of the molecule is CN=C(NCCCCN1CCN(C)CC1)NCCCOCc1ccco1.I. The quantitative estimate of drug-likeness (QED) is 0.213. The molecule has 0 bridgehead atoms. The van der Waals surface area contributed by atoms with Gasteiger partial charge in [0.25, 0.3) is 0 Å². The number of likely N-dealkylation sites (N-methyl/N-ethyl adjacent to an activating group) is 1. The predicted octanol–water partition coefficient (Wildman–Crippen LogP) is 2.00. The Bertz CT molecular complexity index is 490. The molecule has 2 heterocycles. The Morgan fingerprint density at radius 1 is 1.15 bits per heavy atom. The average Bonchev–Trinajstić information content (AvgIpc) is 3.17. The molecule has 1 fully saturated rings. The van der Waals surface area contributed by atoms with Crippen LogP contribution in [0.5, 0.6) is 0 Å². The zero-order chi connectivity index (χ0) is 18.5. The second-order valence-corrected chi connectivity index (χ2v) is 6.76. The topological polar surface area (TPSA) is 65.3 Å². The fourth-order valence-corrected chi connectivity index (χ4v) is 2.91. The summed E-state index contributed by atoms with van der Waals surface area (Å²) < 4.78 is 10.8. The zero-order valence-electron chi connectivity index (χ0n) is 16.8. The molecule has 2 rings (SSSR count). The third-order valence-corrected chi connectivity index (χ3v) is 4.60. The molecule has 7 nitrogen and oxygen atoms in total. The van der Waals surface area contributed by atoms with Crippen LogP contribution in [0.3, 0.4) is 0 Å². The molecule has 156 valence electrons. The number of nitrogens with zero attached hydrogens (tertiary/aromatic N) is 3. The molecule has 8 heteroatoms. The van der Waals surface area contributed by atoms with Crippen molar-refractivity contribution in [3.05, 3.63) is 24.2 Å². The Morgan fingerprint density at radius 2 is 1.89 bits per heavy atom. The molecular weight excluding hydrogens is 457 g/mol. The monoisotopic (exact) mass is 493 g/mol. The molecule has 2 N–H and O–H groups in total. The van der Waals surface area contributed by atoms with Crippen LogP contribution in [0.25, 0.3) is 0 Å². The number of aliphatic imine (C=N–C) groups is 1. The lowest BCUT2D eigenvalue weighted by Crippen LogP contribution is -2.44. The van der Waals surface area contributed by atoms with E-state index in [0.29, 0.717) is 13.2 Å². The van der Waals surface area contributed by atoms with E-state index in [1.54, 1.807) is 6.26 Å². The number of furan rings is 1. The van der Waals surface area contributed by atoms with Crippen molar-refractivity contribution in [2.45, 2.75) is 25.9 Å². The van der Waals surface area contributed by atoms with E-state index in [-0.39, 0.29) is 24.0 Å². The number of halogens is 1. The van der Waals surface area contributed by atoms with Crippen molar-refractivity contribution in [2.75, 3.05) is 66.5 Å². The van der Waals surface area contributed by atoms with Crippen LogP contribution in [0.1, 0.15) is 25.0 Å². The Hall–Kier alpha value is -0.840. The molecule has 27 heavy (non-hydrogen) atoms. The smallest absolute Gasteiger partial charge is 0.190 e. The van der Waals surface area contributed by atoms with Crippen molar-refractivity contribution in [1.82, 2.24) is 20.4 Å². The van der Waals surface area contributed by atoms with Crippen LogP contribution in [0.4, 0.5) is 0 Å². The molecule has 0 unspecified atom stereocenters. The highest BCUT2D eigenvalue weighted by molar-refractivity contribution is 14.0. The maximum Gasteiger partial charge on any atom is 0.190 e. The Kier molecular flexibility index (Phi) is 13.6. The fourth-order valence-electron chi connectivity index (χ4n) is 2.91.